The van der Waals surface area contributed by atoms with Gasteiger partial charge >= 0.3 is 0 Å². The molecule has 0 spiro atoms. The molecule has 2 rings (SSSR count). The molecule has 84 valence electrons. The van der Waals surface area contributed by atoms with Crippen molar-refractivity contribution < 1.29 is 18.3 Å². The topological polar surface area (TPSA) is 71.4 Å². The van der Waals surface area contributed by atoms with Crippen LogP contribution in [-0.4, -0.2) is 19.3 Å². The Morgan fingerprint density at radius 3 is 2.69 bits per heavy atom. The van der Waals surface area contributed by atoms with Crippen LogP contribution in [0.25, 0.3) is 5.57 Å². The molecule has 0 aromatic heterocycles. The van der Waals surface area contributed by atoms with Gasteiger partial charge in [-0.25, -0.2) is 8.42 Å². The van der Waals surface area contributed by atoms with Crippen LogP contribution in [0.15, 0.2) is 28.5 Å². The Bertz CT molecular complexity index is 596. The second kappa shape index (κ2) is 3.45. The van der Waals surface area contributed by atoms with Gasteiger partial charge in [0, 0.05) is 17.4 Å². The normalized spacial score (nSPS) is 16.7. The molecule has 1 aromatic carbocycles. The highest BCUT2D eigenvalue weighted by Gasteiger charge is 2.30. The van der Waals surface area contributed by atoms with E-state index in [1.54, 1.807) is 12.1 Å². The van der Waals surface area contributed by atoms with E-state index in [2.05, 4.69) is 0 Å². The second-order valence-corrected chi connectivity index (χ2v) is 5.45. The molecule has 0 saturated heterocycles. The first-order valence-electron chi connectivity index (χ1n) is 4.69. The molecule has 1 aliphatic rings. The van der Waals surface area contributed by atoms with Crippen molar-refractivity contribution in [3.63, 3.8) is 0 Å². The van der Waals surface area contributed by atoms with Crippen LogP contribution in [0.2, 0.25) is 0 Å². The smallest absolute Gasteiger partial charge is 0.204 e. The maximum absolute atomic E-state index is 11.7. The third-order valence-electron chi connectivity index (χ3n) is 2.36. The number of phenols is 1. The Balaban J connectivity index is 2.65. The minimum absolute atomic E-state index is 0.0652. The number of carbonyl (C=O) groups is 1. The number of rotatable bonds is 2. The molecule has 0 bridgehead atoms. The summed E-state index contributed by atoms with van der Waals surface area (Å²) in [6.45, 7) is 1.40. The molecule has 0 amide bonds. The van der Waals surface area contributed by atoms with E-state index in [1.807, 2.05) is 0 Å². The Labute approximate surface area is 93.1 Å². The molecule has 0 aliphatic carbocycles. The number of phenolic OH excluding ortho intramolecular Hbond substituents is 1. The van der Waals surface area contributed by atoms with E-state index in [1.165, 1.54) is 13.0 Å². The number of Topliss-reactive ketones (excluding diaryl/α,β-unsaturated/α-hetero) is 1. The zero-order chi connectivity index (χ0) is 11.9. The summed E-state index contributed by atoms with van der Waals surface area (Å²) in [4.78, 5) is 10.9. The number of allylic oxidation sites excluding steroid dienone is 1. The monoisotopic (exact) mass is 238 g/mol. The quantitative estimate of drug-likeness (QED) is 0.847. The summed E-state index contributed by atoms with van der Waals surface area (Å²) in [6, 6.07) is 4.47. The summed E-state index contributed by atoms with van der Waals surface area (Å²) < 4.78 is 23.4. The molecule has 0 unspecified atom stereocenters. The molecule has 0 fully saturated rings. The summed E-state index contributed by atoms with van der Waals surface area (Å²) in [6.07, 6.45) is 0.0652. The van der Waals surface area contributed by atoms with E-state index in [0.29, 0.717) is 11.1 Å². The number of aromatic hydroxyl groups is 1. The fourth-order valence-electron chi connectivity index (χ4n) is 1.79. The zero-order valence-corrected chi connectivity index (χ0v) is 9.41. The Morgan fingerprint density at radius 1 is 1.38 bits per heavy atom. The van der Waals surface area contributed by atoms with Crippen molar-refractivity contribution in [2.24, 2.45) is 0 Å². The van der Waals surface area contributed by atoms with Crippen molar-refractivity contribution >= 4 is 21.2 Å². The molecule has 1 heterocycles. The van der Waals surface area contributed by atoms with Crippen molar-refractivity contribution in [2.75, 3.05) is 0 Å². The number of hydrogen-bond acceptors (Lipinski definition) is 4. The first-order chi connectivity index (χ1) is 7.42. The molecule has 0 atom stereocenters. The van der Waals surface area contributed by atoms with Gasteiger partial charge < -0.3 is 5.11 Å². The lowest BCUT2D eigenvalue weighted by atomic mass is 10.0. The third kappa shape index (κ3) is 1.63. The molecule has 1 N–H and O–H groups in total. The van der Waals surface area contributed by atoms with Gasteiger partial charge in [-0.15, -0.1) is 0 Å². The van der Waals surface area contributed by atoms with Crippen molar-refractivity contribution in [1.29, 1.82) is 0 Å². The fraction of sp³-hybridized carbons (Fsp3) is 0.182. The fourth-order valence-corrected chi connectivity index (χ4v) is 3.36. The van der Waals surface area contributed by atoms with E-state index in [9.17, 15) is 18.3 Å². The van der Waals surface area contributed by atoms with E-state index < -0.39 is 9.84 Å². The summed E-state index contributed by atoms with van der Waals surface area (Å²) in [5.41, 5.74) is 0.869. The number of fused-ring (bicyclic) bond motifs is 1. The zero-order valence-electron chi connectivity index (χ0n) is 8.60. The molecule has 1 aliphatic heterocycles. The molecular formula is C11H10O4S. The summed E-state index contributed by atoms with van der Waals surface area (Å²) in [5.74, 6) is -0.384. The average molecular weight is 238 g/mol. The van der Waals surface area contributed by atoms with Crippen LogP contribution in [0.3, 0.4) is 0 Å². The third-order valence-corrected chi connectivity index (χ3v) is 3.95. The van der Waals surface area contributed by atoms with Gasteiger partial charge in [0.05, 0.1) is 0 Å². The Hall–Kier alpha value is -1.62. The first kappa shape index (κ1) is 10.9. The van der Waals surface area contributed by atoms with E-state index in [0.717, 1.165) is 5.41 Å². The molecule has 1 aromatic rings. The van der Waals surface area contributed by atoms with Crippen LogP contribution < -0.4 is 0 Å². The highest BCUT2D eigenvalue weighted by molar-refractivity contribution is 7.95. The first-order valence-corrected chi connectivity index (χ1v) is 6.24. The molecule has 5 heteroatoms. The van der Waals surface area contributed by atoms with Gasteiger partial charge in [-0.2, -0.15) is 0 Å². The Morgan fingerprint density at radius 2 is 2.06 bits per heavy atom. The number of hydrogen-bond donors (Lipinski definition) is 1. The largest absolute Gasteiger partial charge is 0.507 e. The van der Waals surface area contributed by atoms with Crippen LogP contribution in [0, 0.1) is 0 Å². The number of ketones is 1. The van der Waals surface area contributed by atoms with Gasteiger partial charge in [0.15, 0.2) is 0 Å². The lowest BCUT2D eigenvalue weighted by molar-refractivity contribution is -0.116. The van der Waals surface area contributed by atoms with E-state index in [-0.39, 0.29) is 22.8 Å². The predicted molar refractivity (Wildman–Crippen MR) is 58.6 cm³/mol. The van der Waals surface area contributed by atoms with Crippen molar-refractivity contribution in [3.8, 4) is 5.75 Å². The van der Waals surface area contributed by atoms with Crippen LogP contribution in [-0.2, 0) is 14.6 Å². The van der Waals surface area contributed by atoms with E-state index in [4.69, 9.17) is 0 Å². The average Bonchev–Trinajstić information content (AvgIpc) is 2.38. The van der Waals surface area contributed by atoms with Gasteiger partial charge in [-0.1, -0.05) is 12.1 Å². The van der Waals surface area contributed by atoms with Crippen LogP contribution in [0.1, 0.15) is 18.9 Å². The lowest BCUT2D eigenvalue weighted by Crippen LogP contribution is -1.94. The highest BCUT2D eigenvalue weighted by atomic mass is 32.2. The van der Waals surface area contributed by atoms with Gasteiger partial charge in [0.25, 0.3) is 0 Å². The van der Waals surface area contributed by atoms with Gasteiger partial charge in [0.1, 0.15) is 16.4 Å². The number of sulfone groups is 1. The number of carbonyl (C=O) groups excluding carboxylic acids is 1. The van der Waals surface area contributed by atoms with Crippen molar-refractivity contribution in [1.82, 2.24) is 0 Å². The minimum atomic E-state index is -3.60. The molecule has 0 radical (unpaired) electrons. The molecule has 4 nitrogen and oxygen atoms in total. The highest BCUT2D eigenvalue weighted by Crippen LogP contribution is 2.40. The number of benzene rings is 1. The molecule has 0 saturated carbocycles. The standard InChI is InChI=1S/C11H10O4S/c1-7(12)5-8-6-16(14,15)11-9(8)3-2-4-10(11)13/h2-4,6,13H,5H2,1H3. The maximum atomic E-state index is 11.7. The molecular weight excluding hydrogens is 228 g/mol. The van der Waals surface area contributed by atoms with Crippen molar-refractivity contribution in [3.05, 3.63) is 29.2 Å². The summed E-state index contributed by atoms with van der Waals surface area (Å²) >= 11 is 0. The van der Waals surface area contributed by atoms with Crippen LogP contribution >= 0.6 is 0 Å². The van der Waals surface area contributed by atoms with Gasteiger partial charge in [0.2, 0.25) is 9.84 Å². The summed E-state index contributed by atoms with van der Waals surface area (Å²) in [7, 11) is -3.60. The Kier molecular flexibility index (Phi) is 2.35. The van der Waals surface area contributed by atoms with Gasteiger partial charge in [-0.3, -0.25) is 4.79 Å². The van der Waals surface area contributed by atoms with Crippen LogP contribution in [0.4, 0.5) is 0 Å². The van der Waals surface area contributed by atoms with Gasteiger partial charge in [-0.05, 0) is 18.6 Å². The minimum Gasteiger partial charge on any atom is -0.507 e. The van der Waals surface area contributed by atoms with Crippen molar-refractivity contribution in [2.45, 2.75) is 18.2 Å². The lowest BCUT2D eigenvalue weighted by Gasteiger charge is -2.03. The second-order valence-electron chi connectivity index (χ2n) is 3.72. The van der Waals surface area contributed by atoms with E-state index >= 15 is 0 Å². The molecule has 16 heavy (non-hydrogen) atoms. The SMILES string of the molecule is CC(=O)CC1=CS(=O)(=O)c2c(O)cccc21. The predicted octanol–water partition coefficient (Wildman–Crippen LogP) is 1.50. The maximum Gasteiger partial charge on any atom is 0.204 e. The summed E-state index contributed by atoms with van der Waals surface area (Å²) in [5, 5.41) is 10.6. The van der Waals surface area contributed by atoms with Crippen LogP contribution in [0.5, 0.6) is 5.75 Å².